The van der Waals surface area contributed by atoms with Gasteiger partial charge in [0.15, 0.2) is 0 Å². The van der Waals surface area contributed by atoms with Crippen molar-refractivity contribution in [3.8, 4) is 11.5 Å². The maximum atomic E-state index is 12.3. The molecule has 0 heterocycles. The zero-order chi connectivity index (χ0) is 20.9. The largest absolute Gasteiger partial charge is 0.506 e. The minimum atomic E-state index is -0.570. The number of esters is 1. The van der Waals surface area contributed by atoms with Crippen LogP contribution in [0.4, 0.5) is 0 Å². The molecule has 0 spiro atoms. The average Bonchev–Trinajstić information content (AvgIpc) is 2.68. The molecule has 1 rings (SSSR count). The zero-order valence-electron chi connectivity index (χ0n) is 17.2. The van der Waals surface area contributed by atoms with Crippen LogP contribution in [0.2, 0.25) is 0 Å². The van der Waals surface area contributed by atoms with E-state index in [-0.39, 0.29) is 28.1 Å². The van der Waals surface area contributed by atoms with Gasteiger partial charge < -0.3 is 14.9 Å². The first kappa shape index (κ1) is 25.3. The molecular formula is C22H34Br2O4. The third-order valence-electron chi connectivity index (χ3n) is 4.94. The van der Waals surface area contributed by atoms with Crippen molar-refractivity contribution in [1.29, 1.82) is 0 Å². The lowest BCUT2D eigenvalue weighted by Crippen LogP contribution is -2.10. The van der Waals surface area contributed by atoms with Gasteiger partial charge in [-0.05, 0) is 57.2 Å². The van der Waals surface area contributed by atoms with Gasteiger partial charge >= 0.3 is 5.97 Å². The quantitative estimate of drug-likeness (QED) is 0.195. The summed E-state index contributed by atoms with van der Waals surface area (Å²) in [7, 11) is 0. The van der Waals surface area contributed by atoms with E-state index in [0.29, 0.717) is 16.5 Å². The van der Waals surface area contributed by atoms with Crippen molar-refractivity contribution >= 4 is 37.8 Å². The topological polar surface area (TPSA) is 66.8 Å². The van der Waals surface area contributed by atoms with Gasteiger partial charge in [-0.2, -0.15) is 0 Å². The van der Waals surface area contributed by atoms with Crippen LogP contribution in [0.5, 0.6) is 11.5 Å². The Labute approximate surface area is 186 Å². The Kier molecular flexibility index (Phi) is 12.9. The van der Waals surface area contributed by atoms with Gasteiger partial charge in [0, 0.05) is 0 Å². The molecule has 6 heteroatoms. The van der Waals surface area contributed by atoms with Crippen molar-refractivity contribution in [3.63, 3.8) is 0 Å². The Balaban J connectivity index is 2.50. The molecule has 0 unspecified atom stereocenters. The van der Waals surface area contributed by atoms with Gasteiger partial charge in [0.25, 0.3) is 0 Å². The summed E-state index contributed by atoms with van der Waals surface area (Å²) in [6.07, 6.45) is 14.2. The lowest BCUT2D eigenvalue weighted by Gasteiger charge is -2.16. The first-order valence-electron chi connectivity index (χ1n) is 10.5. The smallest absolute Gasteiger partial charge is 0.342 e. The number of ether oxygens (including phenoxy) is 1. The molecule has 0 aliphatic carbocycles. The Morgan fingerprint density at radius 3 is 1.79 bits per heavy atom. The summed E-state index contributed by atoms with van der Waals surface area (Å²) in [4.78, 5) is 12.3. The van der Waals surface area contributed by atoms with Crippen molar-refractivity contribution in [1.82, 2.24) is 0 Å². The molecule has 0 fully saturated rings. The molecule has 0 aliphatic rings. The van der Waals surface area contributed by atoms with Gasteiger partial charge in [-0.1, -0.05) is 71.1 Å². The molecule has 0 saturated carbocycles. The fourth-order valence-corrected chi connectivity index (χ4v) is 4.59. The SMILES string of the molecule is CCCCCCCCCCCCCc1c(Br)c(O)c(Br)c(O)c1C(=O)OCC. The fourth-order valence-electron chi connectivity index (χ4n) is 3.34. The lowest BCUT2D eigenvalue weighted by atomic mass is 9.98. The highest BCUT2D eigenvalue weighted by molar-refractivity contribution is 9.11. The van der Waals surface area contributed by atoms with Crippen LogP contribution in [0, 0.1) is 0 Å². The molecule has 160 valence electrons. The van der Waals surface area contributed by atoms with Crippen molar-refractivity contribution in [2.75, 3.05) is 6.61 Å². The van der Waals surface area contributed by atoms with Crippen LogP contribution in [0.25, 0.3) is 0 Å². The molecular weight excluding hydrogens is 488 g/mol. The van der Waals surface area contributed by atoms with Crippen molar-refractivity contribution in [3.05, 3.63) is 20.1 Å². The van der Waals surface area contributed by atoms with Crippen LogP contribution >= 0.6 is 31.9 Å². The molecule has 0 saturated heterocycles. The van der Waals surface area contributed by atoms with Gasteiger partial charge in [-0.15, -0.1) is 0 Å². The summed E-state index contributed by atoms with van der Waals surface area (Å²) in [5.41, 5.74) is 0.734. The van der Waals surface area contributed by atoms with Gasteiger partial charge in [-0.25, -0.2) is 4.79 Å². The fraction of sp³-hybridized carbons (Fsp3) is 0.682. The lowest BCUT2D eigenvalue weighted by molar-refractivity contribution is 0.0521. The predicted molar refractivity (Wildman–Crippen MR) is 121 cm³/mol. The Morgan fingerprint density at radius 2 is 1.29 bits per heavy atom. The van der Waals surface area contributed by atoms with Crippen LogP contribution in [0.15, 0.2) is 8.95 Å². The third-order valence-corrected chi connectivity index (χ3v) is 6.54. The van der Waals surface area contributed by atoms with E-state index in [9.17, 15) is 15.0 Å². The molecule has 4 nitrogen and oxygen atoms in total. The van der Waals surface area contributed by atoms with Crippen molar-refractivity contribution < 1.29 is 19.7 Å². The van der Waals surface area contributed by atoms with Crippen LogP contribution in [0.1, 0.15) is 100 Å². The van der Waals surface area contributed by atoms with Crippen LogP contribution in [-0.4, -0.2) is 22.8 Å². The number of benzene rings is 1. The number of halogens is 2. The monoisotopic (exact) mass is 520 g/mol. The molecule has 0 radical (unpaired) electrons. The number of carbonyl (C=O) groups is 1. The summed E-state index contributed by atoms with van der Waals surface area (Å²) in [5.74, 6) is -0.930. The van der Waals surface area contributed by atoms with Gasteiger partial charge in [0.2, 0.25) is 0 Å². The highest BCUT2D eigenvalue weighted by Crippen LogP contribution is 2.45. The molecule has 0 amide bonds. The Bertz CT molecular complexity index is 617. The number of unbranched alkanes of at least 4 members (excludes halogenated alkanes) is 10. The van der Waals surface area contributed by atoms with Crippen LogP contribution in [-0.2, 0) is 11.2 Å². The van der Waals surface area contributed by atoms with E-state index in [1.54, 1.807) is 6.92 Å². The average molecular weight is 522 g/mol. The maximum absolute atomic E-state index is 12.3. The molecule has 0 atom stereocenters. The van der Waals surface area contributed by atoms with Gasteiger partial charge in [0.1, 0.15) is 21.5 Å². The number of aromatic hydroxyl groups is 2. The molecule has 0 aromatic heterocycles. The number of hydrogen-bond acceptors (Lipinski definition) is 4. The van der Waals surface area contributed by atoms with E-state index >= 15 is 0 Å². The number of hydrogen-bond donors (Lipinski definition) is 2. The van der Waals surface area contributed by atoms with Crippen molar-refractivity contribution in [2.45, 2.75) is 90.9 Å². The maximum Gasteiger partial charge on any atom is 0.342 e. The van der Waals surface area contributed by atoms with E-state index in [0.717, 1.165) is 19.3 Å². The van der Waals surface area contributed by atoms with Crippen LogP contribution in [0.3, 0.4) is 0 Å². The molecule has 1 aromatic carbocycles. The number of phenolic OH excluding ortho intramolecular Hbond substituents is 2. The second-order valence-electron chi connectivity index (χ2n) is 7.18. The number of phenols is 2. The van der Waals surface area contributed by atoms with E-state index in [4.69, 9.17) is 4.74 Å². The van der Waals surface area contributed by atoms with E-state index in [1.807, 2.05) is 0 Å². The van der Waals surface area contributed by atoms with E-state index in [1.165, 1.54) is 51.4 Å². The van der Waals surface area contributed by atoms with E-state index < -0.39 is 5.97 Å². The molecule has 1 aromatic rings. The van der Waals surface area contributed by atoms with Gasteiger partial charge in [0.05, 0.1) is 11.1 Å². The van der Waals surface area contributed by atoms with Gasteiger partial charge in [-0.3, -0.25) is 0 Å². The highest BCUT2D eigenvalue weighted by Gasteiger charge is 2.26. The minimum Gasteiger partial charge on any atom is -0.506 e. The summed E-state index contributed by atoms with van der Waals surface area (Å²) in [6.45, 7) is 4.19. The number of rotatable bonds is 14. The van der Waals surface area contributed by atoms with Crippen molar-refractivity contribution in [2.24, 2.45) is 0 Å². The highest BCUT2D eigenvalue weighted by atomic mass is 79.9. The zero-order valence-corrected chi connectivity index (χ0v) is 20.3. The first-order valence-corrected chi connectivity index (χ1v) is 12.1. The molecule has 0 aliphatic heterocycles. The normalized spacial score (nSPS) is 11.0. The Morgan fingerprint density at radius 1 is 0.786 bits per heavy atom. The summed E-state index contributed by atoms with van der Waals surface area (Å²) in [6, 6.07) is 0. The standard InChI is InChI=1S/C22H34Br2O4/c1-3-5-6-7-8-9-10-11-12-13-14-15-16-17(22(27)28-4-2)20(25)19(24)21(26)18(16)23/h25-26H,3-15H2,1-2H3. The molecule has 2 N–H and O–H groups in total. The molecule has 0 bridgehead atoms. The molecule has 28 heavy (non-hydrogen) atoms. The first-order chi connectivity index (χ1) is 13.5. The van der Waals surface area contributed by atoms with Crippen LogP contribution < -0.4 is 0 Å². The Hall–Kier alpha value is -0.750. The summed E-state index contributed by atoms with van der Waals surface area (Å²) in [5, 5.41) is 20.5. The van der Waals surface area contributed by atoms with E-state index in [2.05, 4.69) is 38.8 Å². The number of carbonyl (C=O) groups excluding carboxylic acids is 1. The summed E-state index contributed by atoms with van der Waals surface area (Å²) < 4.78 is 5.62. The second kappa shape index (κ2) is 14.3. The second-order valence-corrected chi connectivity index (χ2v) is 8.77. The third kappa shape index (κ3) is 7.94. The predicted octanol–water partition coefficient (Wildman–Crippen LogP) is 7.65. The minimum absolute atomic E-state index is 0.0939. The summed E-state index contributed by atoms with van der Waals surface area (Å²) >= 11 is 6.50.